The van der Waals surface area contributed by atoms with E-state index < -0.39 is 0 Å². The van der Waals surface area contributed by atoms with Gasteiger partial charge in [0, 0.05) is 38.1 Å². The van der Waals surface area contributed by atoms with Crippen molar-refractivity contribution in [2.24, 2.45) is 0 Å². The topological polar surface area (TPSA) is 68.7 Å². The number of amidine groups is 1. The monoisotopic (exact) mass is 404 g/mol. The van der Waals surface area contributed by atoms with Crippen molar-refractivity contribution >= 4 is 23.2 Å². The molecule has 1 aromatic heterocycles. The van der Waals surface area contributed by atoms with Gasteiger partial charge in [0.25, 0.3) is 0 Å². The van der Waals surface area contributed by atoms with Gasteiger partial charge in [-0.1, -0.05) is 0 Å². The molecule has 3 aliphatic heterocycles. The molecule has 28 heavy (non-hydrogen) atoms. The maximum Gasteiger partial charge on any atom is 0.322 e. The van der Waals surface area contributed by atoms with Crippen molar-refractivity contribution in [2.75, 3.05) is 19.6 Å². The number of rotatable bonds is 7. The van der Waals surface area contributed by atoms with Gasteiger partial charge in [0.05, 0.1) is 12.7 Å². The van der Waals surface area contributed by atoms with Crippen LogP contribution >= 0.6 is 11.3 Å². The fourth-order valence-electron chi connectivity index (χ4n) is 4.92. The Balaban J connectivity index is 1.16. The van der Waals surface area contributed by atoms with Gasteiger partial charge in [0.1, 0.15) is 5.84 Å². The SMILES string of the molecule is N=C1CCCCN1C(=O)NCCCN1C2CCC1CC(OCc1ccsc1)C2. The third-order valence-corrected chi connectivity index (χ3v) is 7.12. The first kappa shape index (κ1) is 19.9. The summed E-state index contributed by atoms with van der Waals surface area (Å²) in [6.45, 7) is 3.17. The van der Waals surface area contributed by atoms with Crippen LogP contribution in [0, 0.1) is 5.41 Å². The van der Waals surface area contributed by atoms with Gasteiger partial charge >= 0.3 is 6.03 Å². The van der Waals surface area contributed by atoms with Crippen LogP contribution in [0.5, 0.6) is 0 Å². The van der Waals surface area contributed by atoms with Crippen LogP contribution in [0.25, 0.3) is 0 Å². The zero-order valence-corrected chi connectivity index (χ0v) is 17.4. The standard InChI is InChI=1S/C21H32N4O2S/c22-20-4-1-2-9-25(20)21(26)23-8-3-10-24-17-5-6-18(24)13-19(12-17)27-14-16-7-11-28-15-16/h7,11,15,17-19,22H,1-6,8-10,12-14H2,(H,23,26). The molecule has 4 rings (SSSR count). The summed E-state index contributed by atoms with van der Waals surface area (Å²) in [5.41, 5.74) is 1.29. The third kappa shape index (κ3) is 4.75. The highest BCUT2D eigenvalue weighted by Crippen LogP contribution is 2.37. The zero-order valence-electron chi connectivity index (χ0n) is 16.6. The van der Waals surface area contributed by atoms with E-state index in [0.717, 1.165) is 51.7 Å². The smallest absolute Gasteiger partial charge is 0.322 e. The second-order valence-corrected chi connectivity index (χ2v) is 9.08. The molecule has 0 saturated carbocycles. The highest BCUT2D eigenvalue weighted by atomic mass is 32.1. The first-order valence-electron chi connectivity index (χ1n) is 10.7. The van der Waals surface area contributed by atoms with E-state index >= 15 is 0 Å². The first-order chi connectivity index (χ1) is 13.7. The number of likely N-dealkylation sites (tertiary alicyclic amines) is 1. The Morgan fingerprint density at radius 3 is 2.82 bits per heavy atom. The number of hydrogen-bond acceptors (Lipinski definition) is 5. The van der Waals surface area contributed by atoms with Crippen LogP contribution in [-0.2, 0) is 11.3 Å². The Kier molecular flexibility index (Phi) is 6.65. The molecule has 0 spiro atoms. The molecule has 7 heteroatoms. The Morgan fingerprint density at radius 1 is 1.29 bits per heavy atom. The van der Waals surface area contributed by atoms with Gasteiger partial charge < -0.3 is 10.1 Å². The fourth-order valence-corrected chi connectivity index (χ4v) is 5.58. The second-order valence-electron chi connectivity index (χ2n) is 8.30. The minimum absolute atomic E-state index is 0.0896. The number of thiophene rings is 1. The first-order valence-corrected chi connectivity index (χ1v) is 11.7. The molecule has 3 aliphatic rings. The van der Waals surface area contributed by atoms with Crippen molar-refractivity contribution in [1.29, 1.82) is 5.41 Å². The van der Waals surface area contributed by atoms with E-state index in [-0.39, 0.29) is 6.03 Å². The fraction of sp³-hybridized carbons (Fsp3) is 0.714. The molecule has 2 atom stereocenters. The maximum absolute atomic E-state index is 12.3. The van der Waals surface area contributed by atoms with Crippen molar-refractivity contribution in [3.05, 3.63) is 22.4 Å². The number of nitrogens with one attached hydrogen (secondary N) is 2. The lowest BCUT2D eigenvalue weighted by atomic mass is 9.99. The Bertz CT molecular complexity index is 651. The van der Waals surface area contributed by atoms with E-state index in [1.165, 1.54) is 18.4 Å². The van der Waals surface area contributed by atoms with Gasteiger partial charge in [0.15, 0.2) is 0 Å². The molecule has 2 unspecified atom stereocenters. The van der Waals surface area contributed by atoms with Crippen molar-refractivity contribution < 1.29 is 9.53 Å². The normalized spacial score (nSPS) is 27.9. The molecule has 0 aromatic carbocycles. The van der Waals surface area contributed by atoms with Crippen molar-refractivity contribution in [1.82, 2.24) is 15.1 Å². The molecule has 154 valence electrons. The Hall–Kier alpha value is -1.44. The summed E-state index contributed by atoms with van der Waals surface area (Å²) >= 11 is 1.73. The summed E-state index contributed by atoms with van der Waals surface area (Å²) in [6.07, 6.45) is 8.94. The van der Waals surface area contributed by atoms with E-state index in [2.05, 4.69) is 27.0 Å². The summed E-state index contributed by atoms with van der Waals surface area (Å²) < 4.78 is 6.19. The molecule has 3 saturated heterocycles. The molecule has 0 aliphatic carbocycles. The van der Waals surface area contributed by atoms with Crippen LogP contribution in [0.4, 0.5) is 4.79 Å². The summed E-state index contributed by atoms with van der Waals surface area (Å²) in [7, 11) is 0. The van der Waals surface area contributed by atoms with E-state index in [9.17, 15) is 4.79 Å². The van der Waals surface area contributed by atoms with E-state index in [1.807, 2.05) is 0 Å². The number of urea groups is 1. The Labute approximate surface area is 171 Å². The molecule has 1 aromatic rings. The largest absolute Gasteiger partial charge is 0.373 e. The summed E-state index contributed by atoms with van der Waals surface area (Å²) in [6, 6.07) is 3.33. The predicted molar refractivity (Wildman–Crippen MR) is 112 cm³/mol. The molecule has 2 N–H and O–H groups in total. The number of amides is 2. The van der Waals surface area contributed by atoms with Gasteiger partial charge in [-0.3, -0.25) is 15.2 Å². The van der Waals surface area contributed by atoms with Gasteiger partial charge in [-0.15, -0.1) is 0 Å². The number of carbonyl (C=O) groups excluding carboxylic acids is 1. The summed E-state index contributed by atoms with van der Waals surface area (Å²) in [5, 5.41) is 15.2. The van der Waals surface area contributed by atoms with E-state index in [4.69, 9.17) is 10.1 Å². The highest BCUT2D eigenvalue weighted by molar-refractivity contribution is 7.07. The summed E-state index contributed by atoms with van der Waals surface area (Å²) in [5.74, 6) is 0.464. The van der Waals surface area contributed by atoms with Gasteiger partial charge in [-0.05, 0) is 67.3 Å². The van der Waals surface area contributed by atoms with E-state index in [0.29, 0.717) is 37.1 Å². The number of ether oxygens (including phenoxy) is 1. The number of hydrogen-bond donors (Lipinski definition) is 2. The molecule has 6 nitrogen and oxygen atoms in total. The number of fused-ring (bicyclic) bond motifs is 2. The van der Waals surface area contributed by atoms with Crippen LogP contribution in [-0.4, -0.2) is 59.5 Å². The van der Waals surface area contributed by atoms with Crippen LogP contribution in [0.2, 0.25) is 0 Å². The van der Waals surface area contributed by atoms with Crippen LogP contribution < -0.4 is 5.32 Å². The van der Waals surface area contributed by atoms with Crippen molar-refractivity contribution in [3.8, 4) is 0 Å². The van der Waals surface area contributed by atoms with Gasteiger partial charge in [-0.25, -0.2) is 4.79 Å². The second kappa shape index (κ2) is 9.37. The average Bonchev–Trinajstić information content (AvgIpc) is 3.29. The van der Waals surface area contributed by atoms with E-state index in [1.54, 1.807) is 16.2 Å². The lowest BCUT2D eigenvalue weighted by molar-refractivity contribution is -0.0281. The van der Waals surface area contributed by atoms with Crippen molar-refractivity contribution in [3.63, 3.8) is 0 Å². The molecule has 0 radical (unpaired) electrons. The number of piperidine rings is 2. The van der Waals surface area contributed by atoms with Crippen LogP contribution in [0.3, 0.4) is 0 Å². The zero-order chi connectivity index (χ0) is 19.3. The lowest BCUT2D eigenvalue weighted by Gasteiger charge is -2.39. The number of carbonyl (C=O) groups is 1. The van der Waals surface area contributed by atoms with Crippen LogP contribution in [0.1, 0.15) is 56.9 Å². The van der Waals surface area contributed by atoms with Gasteiger partial charge in [-0.2, -0.15) is 11.3 Å². The highest BCUT2D eigenvalue weighted by Gasteiger charge is 2.40. The molecular formula is C21H32N4O2S. The van der Waals surface area contributed by atoms with Gasteiger partial charge in [0.2, 0.25) is 0 Å². The van der Waals surface area contributed by atoms with Crippen molar-refractivity contribution in [2.45, 2.75) is 76.2 Å². The van der Waals surface area contributed by atoms with Crippen LogP contribution in [0.15, 0.2) is 16.8 Å². The molecule has 3 fully saturated rings. The summed E-state index contributed by atoms with van der Waals surface area (Å²) in [4.78, 5) is 16.5. The quantitative estimate of drug-likeness (QED) is 0.679. The lowest BCUT2D eigenvalue weighted by Crippen LogP contribution is -2.48. The minimum Gasteiger partial charge on any atom is -0.373 e. The number of nitrogens with zero attached hydrogens (tertiary/aromatic N) is 2. The Morgan fingerprint density at radius 2 is 2.11 bits per heavy atom. The molecule has 2 bridgehead atoms. The maximum atomic E-state index is 12.3. The molecular weight excluding hydrogens is 372 g/mol. The molecule has 2 amide bonds. The third-order valence-electron chi connectivity index (χ3n) is 6.39. The average molecular weight is 405 g/mol. The minimum atomic E-state index is -0.0896. The predicted octanol–water partition coefficient (Wildman–Crippen LogP) is 3.82. The molecule has 4 heterocycles.